The van der Waals surface area contributed by atoms with Gasteiger partial charge in [0.25, 0.3) is 5.91 Å². The van der Waals surface area contributed by atoms with Crippen molar-refractivity contribution in [2.75, 3.05) is 12.8 Å². The number of amides is 1. The number of carbonyl (C=O) groups is 1. The summed E-state index contributed by atoms with van der Waals surface area (Å²) in [6, 6.07) is 13.7. The van der Waals surface area contributed by atoms with Crippen LogP contribution in [0.25, 0.3) is 22.2 Å². The third kappa shape index (κ3) is 4.61. The lowest BCUT2D eigenvalue weighted by Gasteiger charge is -2.26. The summed E-state index contributed by atoms with van der Waals surface area (Å²) in [6.07, 6.45) is 4.66. The standard InChI is InChI=1S/C27H28FN5O3/c1-36-23-11-6-18(28)14-21(23)27(35)31-15-16-2-4-17(5-3-16)25-24-22(12-13-30-26(24)29)33(32-25)19-7-9-20(34)10-8-19/h2-6,11-14,19-20,34H,7-10,15H2,1H3,(H2,29,30)(H,31,35). The molecule has 4 aromatic rings. The summed E-state index contributed by atoms with van der Waals surface area (Å²) >= 11 is 0. The molecule has 1 aliphatic carbocycles. The Morgan fingerprint density at radius 3 is 2.64 bits per heavy atom. The van der Waals surface area contributed by atoms with Crippen molar-refractivity contribution in [3.63, 3.8) is 0 Å². The maximum absolute atomic E-state index is 13.6. The maximum Gasteiger partial charge on any atom is 0.255 e. The van der Waals surface area contributed by atoms with Crippen molar-refractivity contribution in [3.05, 3.63) is 71.7 Å². The van der Waals surface area contributed by atoms with Gasteiger partial charge in [-0.2, -0.15) is 5.10 Å². The molecule has 0 atom stereocenters. The number of nitrogen functional groups attached to an aromatic ring is 1. The Kier molecular flexibility index (Phi) is 6.56. The van der Waals surface area contributed by atoms with E-state index in [9.17, 15) is 14.3 Å². The van der Waals surface area contributed by atoms with Gasteiger partial charge in [-0.15, -0.1) is 0 Å². The van der Waals surface area contributed by atoms with E-state index in [2.05, 4.69) is 10.3 Å². The molecule has 1 amide bonds. The highest BCUT2D eigenvalue weighted by Gasteiger charge is 2.25. The van der Waals surface area contributed by atoms with Crippen molar-refractivity contribution in [2.24, 2.45) is 0 Å². The molecule has 2 aromatic carbocycles. The number of hydrogen-bond donors (Lipinski definition) is 3. The first-order chi connectivity index (χ1) is 17.4. The van der Waals surface area contributed by atoms with Gasteiger partial charge < -0.3 is 20.9 Å². The third-order valence-corrected chi connectivity index (χ3v) is 6.75. The predicted octanol–water partition coefficient (Wildman–Crippen LogP) is 4.23. The number of aliphatic hydroxyl groups excluding tert-OH is 1. The van der Waals surface area contributed by atoms with Crippen LogP contribution in [0.4, 0.5) is 10.2 Å². The first kappa shape index (κ1) is 23.7. The second-order valence-corrected chi connectivity index (χ2v) is 9.07. The molecule has 36 heavy (non-hydrogen) atoms. The van der Waals surface area contributed by atoms with Crippen LogP contribution in [0.3, 0.4) is 0 Å². The second kappa shape index (κ2) is 9.94. The van der Waals surface area contributed by atoms with Gasteiger partial charge >= 0.3 is 0 Å². The summed E-state index contributed by atoms with van der Waals surface area (Å²) in [5.41, 5.74) is 9.85. The lowest BCUT2D eigenvalue weighted by Crippen LogP contribution is -2.23. The maximum atomic E-state index is 13.6. The zero-order valence-electron chi connectivity index (χ0n) is 19.9. The Morgan fingerprint density at radius 1 is 1.17 bits per heavy atom. The fraction of sp³-hybridized carbons (Fsp3) is 0.296. The lowest BCUT2D eigenvalue weighted by atomic mass is 9.93. The molecule has 5 rings (SSSR count). The Morgan fingerprint density at radius 2 is 1.92 bits per heavy atom. The number of carbonyl (C=O) groups excluding carboxylic acids is 1. The molecule has 0 unspecified atom stereocenters. The highest BCUT2D eigenvalue weighted by Crippen LogP contribution is 2.36. The fourth-order valence-electron chi connectivity index (χ4n) is 4.81. The van der Waals surface area contributed by atoms with Gasteiger partial charge in [0.05, 0.1) is 35.7 Å². The molecule has 8 nitrogen and oxygen atoms in total. The second-order valence-electron chi connectivity index (χ2n) is 9.07. The molecule has 9 heteroatoms. The molecule has 2 heterocycles. The number of benzene rings is 2. The van der Waals surface area contributed by atoms with Crippen LogP contribution in [0, 0.1) is 5.82 Å². The van der Waals surface area contributed by atoms with E-state index in [4.69, 9.17) is 15.6 Å². The molecule has 0 radical (unpaired) electrons. The highest BCUT2D eigenvalue weighted by atomic mass is 19.1. The van der Waals surface area contributed by atoms with Crippen molar-refractivity contribution in [1.82, 2.24) is 20.1 Å². The Balaban J connectivity index is 1.37. The molecule has 1 saturated carbocycles. The fourth-order valence-corrected chi connectivity index (χ4v) is 4.81. The van der Waals surface area contributed by atoms with Crippen LogP contribution < -0.4 is 15.8 Å². The summed E-state index contributed by atoms with van der Waals surface area (Å²) in [5.74, 6) is -0.192. The minimum absolute atomic E-state index is 0.143. The Labute approximate surface area is 207 Å². The normalized spacial score (nSPS) is 17.8. The number of nitrogens with zero attached hydrogens (tertiary/aromatic N) is 3. The van der Waals surface area contributed by atoms with Gasteiger partial charge in [0.1, 0.15) is 23.1 Å². The van der Waals surface area contributed by atoms with E-state index in [1.54, 1.807) is 6.20 Å². The van der Waals surface area contributed by atoms with Crippen molar-refractivity contribution >= 4 is 22.6 Å². The van der Waals surface area contributed by atoms with Gasteiger partial charge in [0, 0.05) is 18.3 Å². The molecule has 1 aliphatic rings. The minimum Gasteiger partial charge on any atom is -0.496 e. The van der Waals surface area contributed by atoms with Crippen molar-refractivity contribution < 1.29 is 19.0 Å². The van der Waals surface area contributed by atoms with Gasteiger partial charge in [0.2, 0.25) is 0 Å². The van der Waals surface area contributed by atoms with E-state index >= 15 is 0 Å². The zero-order chi connectivity index (χ0) is 25.2. The average Bonchev–Trinajstić information content (AvgIpc) is 3.29. The number of rotatable bonds is 6. The summed E-state index contributed by atoms with van der Waals surface area (Å²) in [7, 11) is 1.44. The number of methoxy groups -OCH3 is 1. The average molecular weight is 490 g/mol. The van der Waals surface area contributed by atoms with Crippen LogP contribution in [-0.4, -0.2) is 39.0 Å². The van der Waals surface area contributed by atoms with Gasteiger partial charge in [0.15, 0.2) is 0 Å². The number of fused-ring (bicyclic) bond motifs is 1. The molecule has 0 saturated heterocycles. The topological polar surface area (TPSA) is 115 Å². The molecular formula is C27H28FN5O3. The largest absolute Gasteiger partial charge is 0.496 e. The van der Waals surface area contributed by atoms with Gasteiger partial charge in [-0.3, -0.25) is 9.48 Å². The molecule has 186 valence electrons. The number of aliphatic hydroxyl groups is 1. The Hall–Kier alpha value is -3.98. The number of nitrogens with two attached hydrogens (primary N) is 1. The summed E-state index contributed by atoms with van der Waals surface area (Å²) in [6.45, 7) is 0.266. The molecular weight excluding hydrogens is 461 g/mol. The van der Waals surface area contributed by atoms with Crippen molar-refractivity contribution in [3.8, 4) is 17.0 Å². The lowest BCUT2D eigenvalue weighted by molar-refractivity contribution is 0.0947. The van der Waals surface area contributed by atoms with Crippen LogP contribution >= 0.6 is 0 Å². The first-order valence-corrected chi connectivity index (χ1v) is 12.0. The first-order valence-electron chi connectivity index (χ1n) is 12.0. The summed E-state index contributed by atoms with van der Waals surface area (Å²) < 4.78 is 20.8. The van der Waals surface area contributed by atoms with E-state index in [1.165, 1.54) is 19.2 Å². The number of halogens is 1. The van der Waals surface area contributed by atoms with Crippen LogP contribution in [0.15, 0.2) is 54.7 Å². The third-order valence-electron chi connectivity index (χ3n) is 6.75. The van der Waals surface area contributed by atoms with Gasteiger partial charge in [-0.25, -0.2) is 9.37 Å². The number of nitrogens with one attached hydrogen (secondary N) is 1. The minimum atomic E-state index is -0.505. The number of aromatic nitrogens is 3. The quantitative estimate of drug-likeness (QED) is 0.373. The number of pyridine rings is 1. The smallest absolute Gasteiger partial charge is 0.255 e. The molecule has 0 spiro atoms. The van der Waals surface area contributed by atoms with Crippen LogP contribution in [0.5, 0.6) is 5.75 Å². The van der Waals surface area contributed by atoms with E-state index in [0.717, 1.165) is 59.5 Å². The summed E-state index contributed by atoms with van der Waals surface area (Å²) in [5, 5.41) is 18.5. The van der Waals surface area contributed by atoms with Crippen LogP contribution in [-0.2, 0) is 6.54 Å². The van der Waals surface area contributed by atoms with Crippen LogP contribution in [0.2, 0.25) is 0 Å². The molecule has 4 N–H and O–H groups in total. The van der Waals surface area contributed by atoms with E-state index < -0.39 is 11.7 Å². The monoisotopic (exact) mass is 489 g/mol. The molecule has 0 aliphatic heterocycles. The number of anilines is 1. The molecule has 0 bridgehead atoms. The predicted molar refractivity (Wildman–Crippen MR) is 135 cm³/mol. The van der Waals surface area contributed by atoms with E-state index in [-0.39, 0.29) is 24.3 Å². The zero-order valence-corrected chi connectivity index (χ0v) is 19.9. The van der Waals surface area contributed by atoms with Gasteiger partial charge in [-0.1, -0.05) is 24.3 Å². The Bertz CT molecular complexity index is 1390. The van der Waals surface area contributed by atoms with Crippen molar-refractivity contribution in [1.29, 1.82) is 0 Å². The van der Waals surface area contributed by atoms with Crippen LogP contribution in [0.1, 0.15) is 47.6 Å². The van der Waals surface area contributed by atoms with Crippen molar-refractivity contribution in [2.45, 2.75) is 44.4 Å². The summed E-state index contributed by atoms with van der Waals surface area (Å²) in [4.78, 5) is 16.9. The highest BCUT2D eigenvalue weighted by molar-refractivity contribution is 6.00. The molecule has 2 aromatic heterocycles. The SMILES string of the molecule is COc1ccc(F)cc1C(=O)NCc1ccc(-c2nn(C3CCC(O)CC3)c3ccnc(N)c23)cc1. The van der Waals surface area contributed by atoms with Gasteiger partial charge in [-0.05, 0) is 55.5 Å². The number of ether oxygens (including phenoxy) is 1. The van der Waals surface area contributed by atoms with E-state index in [0.29, 0.717) is 11.6 Å². The number of hydrogen-bond acceptors (Lipinski definition) is 6. The van der Waals surface area contributed by atoms with E-state index in [1.807, 2.05) is 35.0 Å². The molecule has 1 fully saturated rings.